The Morgan fingerprint density at radius 2 is 2.11 bits per heavy atom. The number of carboxylic acids is 1. The second kappa shape index (κ2) is 6.30. The van der Waals surface area contributed by atoms with Gasteiger partial charge in [-0.15, -0.1) is 0 Å². The third kappa shape index (κ3) is 3.77. The number of halogens is 1. The molecule has 0 atom stereocenters. The molecule has 0 aromatic heterocycles. The number of fused-ring (bicyclic) bond motifs is 1. The number of hydrogen-bond acceptors (Lipinski definition) is 4. The number of carbonyl (C=O) groups is 2. The van der Waals surface area contributed by atoms with Gasteiger partial charge < -0.3 is 20.5 Å². The topological polar surface area (TPSA) is 110 Å². The van der Waals surface area contributed by atoms with Gasteiger partial charge in [-0.1, -0.05) is 6.92 Å². The lowest BCUT2D eigenvalue weighted by molar-refractivity contribution is -0.136. The summed E-state index contributed by atoms with van der Waals surface area (Å²) in [4.78, 5) is 20.2. The third-order valence-electron chi connectivity index (χ3n) is 2.47. The van der Waals surface area contributed by atoms with Gasteiger partial charge in [0.1, 0.15) is 5.82 Å². The summed E-state index contributed by atoms with van der Waals surface area (Å²) in [6.07, 6.45) is 0.222. The SMILES string of the molecule is CCC(=O)O.NC(=O)c1cc(F)c2c(c1)B(O)OC2. The molecule has 2 rings (SSSR count). The van der Waals surface area contributed by atoms with Crippen molar-refractivity contribution in [2.75, 3.05) is 0 Å². The van der Waals surface area contributed by atoms with Gasteiger partial charge in [0.2, 0.25) is 5.91 Å². The summed E-state index contributed by atoms with van der Waals surface area (Å²) < 4.78 is 18.1. The lowest BCUT2D eigenvalue weighted by Crippen LogP contribution is -2.30. The molecule has 1 heterocycles. The summed E-state index contributed by atoms with van der Waals surface area (Å²) in [5, 5.41) is 17.0. The van der Waals surface area contributed by atoms with E-state index in [1.165, 1.54) is 6.07 Å². The predicted octanol–water partition coefficient (Wildman–Crippen LogP) is -0.377. The Kier molecular flexibility index (Phi) is 5.02. The lowest BCUT2D eigenvalue weighted by Gasteiger charge is -2.02. The van der Waals surface area contributed by atoms with Gasteiger partial charge in [-0.2, -0.15) is 0 Å². The van der Waals surface area contributed by atoms with Gasteiger partial charge in [0.25, 0.3) is 0 Å². The number of aliphatic carboxylic acids is 1. The van der Waals surface area contributed by atoms with Crippen molar-refractivity contribution in [3.63, 3.8) is 0 Å². The molecule has 0 radical (unpaired) electrons. The van der Waals surface area contributed by atoms with Gasteiger partial charge in [0, 0.05) is 17.5 Å². The van der Waals surface area contributed by atoms with Gasteiger partial charge in [0.05, 0.1) is 6.61 Å². The Balaban J connectivity index is 0.000000312. The van der Waals surface area contributed by atoms with Crippen molar-refractivity contribution in [3.8, 4) is 0 Å². The Morgan fingerprint density at radius 3 is 2.58 bits per heavy atom. The standard InChI is InChI=1S/C8H7BFNO3.C3H6O2/c10-7-2-4(8(11)12)1-6-5(7)3-14-9(6)13;1-2-3(4)5/h1-2,13H,3H2,(H2,11,12);2H2,1H3,(H,4,5). The van der Waals surface area contributed by atoms with Crippen LogP contribution in [0, 0.1) is 5.82 Å². The molecule has 6 nitrogen and oxygen atoms in total. The van der Waals surface area contributed by atoms with E-state index >= 15 is 0 Å². The maximum atomic E-state index is 13.3. The summed E-state index contributed by atoms with van der Waals surface area (Å²) in [5.41, 5.74) is 5.58. The normalized spacial score (nSPS) is 12.5. The quantitative estimate of drug-likeness (QED) is 0.634. The van der Waals surface area contributed by atoms with Crippen LogP contribution in [0.3, 0.4) is 0 Å². The average Bonchev–Trinajstić information content (AvgIpc) is 2.72. The van der Waals surface area contributed by atoms with Gasteiger partial charge >= 0.3 is 13.1 Å². The molecule has 8 heteroatoms. The number of rotatable bonds is 2. The van der Waals surface area contributed by atoms with Crippen molar-refractivity contribution in [2.24, 2.45) is 5.73 Å². The van der Waals surface area contributed by atoms with Gasteiger partial charge in [0.15, 0.2) is 0 Å². The molecule has 0 fully saturated rings. The minimum atomic E-state index is -1.17. The number of hydrogen-bond donors (Lipinski definition) is 3. The highest BCUT2D eigenvalue weighted by atomic mass is 19.1. The molecule has 1 aromatic carbocycles. The molecule has 0 spiro atoms. The van der Waals surface area contributed by atoms with Crippen LogP contribution in [0.2, 0.25) is 0 Å². The average molecular weight is 269 g/mol. The van der Waals surface area contributed by atoms with Gasteiger partial charge in [-0.05, 0) is 17.6 Å². The second-order valence-corrected chi connectivity index (χ2v) is 3.80. The van der Waals surface area contributed by atoms with E-state index in [1.807, 2.05) is 0 Å². The van der Waals surface area contributed by atoms with Gasteiger partial charge in [-0.25, -0.2) is 4.39 Å². The molecular weight excluding hydrogens is 256 g/mol. The Bertz CT molecular complexity index is 508. The van der Waals surface area contributed by atoms with E-state index in [1.54, 1.807) is 6.92 Å². The van der Waals surface area contributed by atoms with Crippen LogP contribution in [0.25, 0.3) is 0 Å². The van der Waals surface area contributed by atoms with Crippen LogP contribution in [0.15, 0.2) is 12.1 Å². The minimum absolute atomic E-state index is 0.0153. The second-order valence-electron chi connectivity index (χ2n) is 3.80. The van der Waals surface area contributed by atoms with E-state index in [9.17, 15) is 19.0 Å². The Hall–Kier alpha value is -1.93. The van der Waals surface area contributed by atoms with Crippen molar-refractivity contribution in [3.05, 3.63) is 29.1 Å². The van der Waals surface area contributed by atoms with E-state index in [2.05, 4.69) is 0 Å². The van der Waals surface area contributed by atoms with Crippen molar-refractivity contribution >= 4 is 24.5 Å². The maximum Gasteiger partial charge on any atom is 0.491 e. The molecule has 0 saturated carbocycles. The van der Waals surface area contributed by atoms with E-state index in [0.29, 0.717) is 0 Å². The summed E-state index contributed by atoms with van der Waals surface area (Å²) >= 11 is 0. The molecule has 1 aliphatic heterocycles. The zero-order valence-electron chi connectivity index (χ0n) is 10.2. The predicted molar refractivity (Wildman–Crippen MR) is 65.2 cm³/mol. The summed E-state index contributed by atoms with van der Waals surface area (Å²) in [7, 11) is -1.17. The van der Waals surface area contributed by atoms with Crippen LogP contribution < -0.4 is 11.2 Å². The summed E-state index contributed by atoms with van der Waals surface area (Å²) in [6, 6.07) is 2.39. The first-order chi connectivity index (χ1) is 8.86. The molecule has 1 aliphatic rings. The minimum Gasteiger partial charge on any atom is -0.481 e. The zero-order valence-corrected chi connectivity index (χ0v) is 10.2. The molecule has 0 unspecified atom stereocenters. The lowest BCUT2D eigenvalue weighted by atomic mass is 9.78. The number of benzene rings is 1. The monoisotopic (exact) mass is 269 g/mol. The van der Waals surface area contributed by atoms with Gasteiger partial charge in [-0.3, -0.25) is 9.59 Å². The van der Waals surface area contributed by atoms with Crippen molar-refractivity contribution < 1.29 is 28.8 Å². The number of primary amides is 1. The fourth-order valence-electron chi connectivity index (χ4n) is 1.42. The van der Waals surface area contributed by atoms with Crippen LogP contribution in [0.5, 0.6) is 0 Å². The highest BCUT2D eigenvalue weighted by Crippen LogP contribution is 2.15. The Labute approximate surface area is 109 Å². The molecule has 0 bridgehead atoms. The van der Waals surface area contributed by atoms with Crippen LogP contribution >= 0.6 is 0 Å². The smallest absolute Gasteiger partial charge is 0.481 e. The molecule has 4 N–H and O–H groups in total. The Morgan fingerprint density at radius 1 is 1.53 bits per heavy atom. The summed E-state index contributed by atoms with van der Waals surface area (Å²) in [5.74, 6) is -2.05. The van der Waals surface area contributed by atoms with Crippen molar-refractivity contribution in [2.45, 2.75) is 20.0 Å². The zero-order chi connectivity index (χ0) is 14.6. The van der Waals surface area contributed by atoms with Crippen molar-refractivity contribution in [1.29, 1.82) is 0 Å². The largest absolute Gasteiger partial charge is 0.491 e. The fourth-order valence-corrected chi connectivity index (χ4v) is 1.42. The highest BCUT2D eigenvalue weighted by molar-refractivity contribution is 6.61. The van der Waals surface area contributed by atoms with Crippen LogP contribution in [0.4, 0.5) is 4.39 Å². The first-order valence-corrected chi connectivity index (χ1v) is 5.50. The van der Waals surface area contributed by atoms with E-state index in [4.69, 9.17) is 15.5 Å². The molecule has 1 amide bonds. The van der Waals surface area contributed by atoms with E-state index < -0.39 is 24.8 Å². The maximum absolute atomic E-state index is 13.3. The van der Waals surface area contributed by atoms with Crippen LogP contribution in [-0.2, 0) is 16.1 Å². The van der Waals surface area contributed by atoms with Crippen LogP contribution in [-0.4, -0.2) is 29.1 Å². The van der Waals surface area contributed by atoms with E-state index in [-0.39, 0.29) is 29.6 Å². The molecule has 0 aliphatic carbocycles. The number of nitrogens with two attached hydrogens (primary N) is 1. The molecule has 102 valence electrons. The number of amides is 1. The molecular formula is C11H13BFNO5. The molecule has 19 heavy (non-hydrogen) atoms. The molecule has 0 saturated heterocycles. The number of carbonyl (C=O) groups excluding carboxylic acids is 1. The summed E-state index contributed by atoms with van der Waals surface area (Å²) in [6.45, 7) is 1.61. The first kappa shape index (κ1) is 15.1. The van der Waals surface area contributed by atoms with Crippen molar-refractivity contribution in [1.82, 2.24) is 0 Å². The van der Waals surface area contributed by atoms with E-state index in [0.717, 1.165) is 6.07 Å². The third-order valence-corrected chi connectivity index (χ3v) is 2.47. The number of carboxylic acid groups (broad SMARTS) is 1. The highest BCUT2D eigenvalue weighted by Gasteiger charge is 2.30. The van der Waals surface area contributed by atoms with Crippen LogP contribution in [0.1, 0.15) is 29.3 Å². The molecule has 1 aromatic rings. The fraction of sp³-hybridized carbons (Fsp3) is 0.273. The first-order valence-electron chi connectivity index (χ1n) is 5.50.